The zero-order valence-corrected chi connectivity index (χ0v) is 10.9. The Morgan fingerprint density at radius 2 is 1.67 bits per heavy atom. The maximum atomic E-state index is 11.8. The molecule has 6 nitrogen and oxygen atoms in total. The number of carboxylic acid groups (broad SMARTS) is 1. The molecule has 0 spiro atoms. The molecule has 0 bridgehead atoms. The topological polar surface area (TPSA) is 101 Å². The molecule has 0 aromatic heterocycles. The quantitative estimate of drug-likeness (QED) is 0.780. The van der Waals surface area contributed by atoms with E-state index in [2.05, 4.69) is 0 Å². The molecule has 1 aliphatic rings. The molecule has 0 fully saturated rings. The third-order valence-electron chi connectivity index (χ3n) is 2.57. The molecule has 0 saturated heterocycles. The summed E-state index contributed by atoms with van der Waals surface area (Å²) in [5.41, 5.74) is 5.88. The van der Waals surface area contributed by atoms with Gasteiger partial charge in [0.15, 0.2) is 0 Å². The fraction of sp³-hybridized carbons (Fsp3) is 0.182. The van der Waals surface area contributed by atoms with Crippen LogP contribution < -0.4 is 5.73 Å². The van der Waals surface area contributed by atoms with Crippen LogP contribution in [-0.4, -0.2) is 40.4 Å². The highest BCUT2D eigenvalue weighted by Crippen LogP contribution is 2.22. The van der Waals surface area contributed by atoms with Crippen LogP contribution in [0.2, 0.25) is 0 Å². The van der Waals surface area contributed by atoms with Gasteiger partial charge in [0.1, 0.15) is 6.04 Å². The minimum Gasteiger partial charge on any atom is -0.480 e. The second kappa shape index (κ2) is 5.28. The van der Waals surface area contributed by atoms with E-state index in [1.54, 1.807) is 12.1 Å². The van der Waals surface area contributed by atoms with Crippen LogP contribution in [0.5, 0.6) is 0 Å². The Morgan fingerprint density at radius 1 is 1.22 bits per heavy atom. The van der Waals surface area contributed by atoms with Crippen molar-refractivity contribution in [3.8, 4) is 0 Å². The van der Waals surface area contributed by atoms with Crippen molar-refractivity contribution < 1.29 is 19.5 Å². The number of imide groups is 1. The summed E-state index contributed by atoms with van der Waals surface area (Å²) in [7, 11) is 0. The summed E-state index contributed by atoms with van der Waals surface area (Å²) in [4.78, 5) is 35.1. The number of fused-ring (bicyclic) bond motifs is 1. The number of carbonyl (C=O) groups excluding carboxylic acids is 2. The maximum absolute atomic E-state index is 11.8. The number of carbonyl (C=O) groups is 3. The molecule has 1 aromatic rings. The lowest BCUT2D eigenvalue weighted by molar-refractivity contribution is -0.138. The van der Waals surface area contributed by atoms with Crippen molar-refractivity contribution >= 4 is 34.8 Å². The van der Waals surface area contributed by atoms with Gasteiger partial charge in [-0.1, -0.05) is 12.1 Å². The van der Waals surface area contributed by atoms with E-state index in [0.29, 0.717) is 0 Å². The fourth-order valence-electron chi connectivity index (χ4n) is 1.68. The molecule has 2 rings (SSSR count). The summed E-state index contributed by atoms with van der Waals surface area (Å²) in [6.07, 6.45) is 0. The van der Waals surface area contributed by atoms with Gasteiger partial charge in [-0.3, -0.25) is 19.3 Å². The predicted octanol–water partition coefficient (Wildman–Crippen LogP) is 0.272. The van der Waals surface area contributed by atoms with E-state index in [1.807, 2.05) is 0 Å². The van der Waals surface area contributed by atoms with Crippen molar-refractivity contribution in [3.63, 3.8) is 0 Å². The molecule has 0 saturated carbocycles. The number of hydrogen-bond donors (Lipinski definition) is 2. The standard InChI is InChI=1S/C11H10N2O4.BrH/c12-8(11(16)17)5-13-9(14)6-3-1-2-4-7(6)10(13)15;/h1-4,8H,5,12H2,(H,16,17);1H. The van der Waals surface area contributed by atoms with Gasteiger partial charge in [0.2, 0.25) is 0 Å². The van der Waals surface area contributed by atoms with Crippen LogP contribution in [0.3, 0.4) is 0 Å². The summed E-state index contributed by atoms with van der Waals surface area (Å²) in [6.45, 7) is -0.318. The number of hydrogen-bond acceptors (Lipinski definition) is 4. The van der Waals surface area contributed by atoms with Gasteiger partial charge in [-0.15, -0.1) is 17.0 Å². The first-order valence-electron chi connectivity index (χ1n) is 4.96. The van der Waals surface area contributed by atoms with Gasteiger partial charge in [-0.2, -0.15) is 0 Å². The van der Waals surface area contributed by atoms with E-state index in [-0.39, 0.29) is 34.7 Å². The van der Waals surface area contributed by atoms with Crippen LogP contribution in [0.25, 0.3) is 0 Å². The summed E-state index contributed by atoms with van der Waals surface area (Å²) in [5.74, 6) is -2.24. The number of nitrogens with two attached hydrogens (primary N) is 1. The lowest BCUT2D eigenvalue weighted by Gasteiger charge is -2.16. The Labute approximate surface area is 113 Å². The highest BCUT2D eigenvalue weighted by Gasteiger charge is 2.36. The number of rotatable bonds is 3. The molecule has 3 N–H and O–H groups in total. The highest BCUT2D eigenvalue weighted by atomic mass is 79.9. The summed E-state index contributed by atoms with van der Waals surface area (Å²) in [5, 5.41) is 8.66. The molecule has 1 unspecified atom stereocenters. The van der Waals surface area contributed by atoms with Crippen molar-refractivity contribution in [2.24, 2.45) is 5.73 Å². The zero-order chi connectivity index (χ0) is 12.6. The van der Waals surface area contributed by atoms with Crippen molar-refractivity contribution in [1.29, 1.82) is 0 Å². The third kappa shape index (κ3) is 2.27. The molecule has 7 heteroatoms. The number of aliphatic carboxylic acids is 1. The number of nitrogens with zero attached hydrogens (tertiary/aromatic N) is 1. The average molecular weight is 315 g/mol. The van der Waals surface area contributed by atoms with Gasteiger partial charge in [-0.05, 0) is 12.1 Å². The van der Waals surface area contributed by atoms with E-state index < -0.39 is 23.8 Å². The van der Waals surface area contributed by atoms with E-state index in [9.17, 15) is 14.4 Å². The Kier molecular flexibility index (Phi) is 4.20. The normalized spacial score (nSPS) is 15.1. The van der Waals surface area contributed by atoms with Crippen molar-refractivity contribution in [1.82, 2.24) is 4.90 Å². The molecule has 1 atom stereocenters. The van der Waals surface area contributed by atoms with Gasteiger partial charge in [0.05, 0.1) is 17.7 Å². The molecule has 96 valence electrons. The van der Waals surface area contributed by atoms with E-state index in [1.165, 1.54) is 12.1 Å². The molecule has 0 radical (unpaired) electrons. The van der Waals surface area contributed by atoms with Crippen LogP contribution in [0.1, 0.15) is 20.7 Å². The first kappa shape index (κ1) is 14.3. The van der Waals surface area contributed by atoms with Crippen LogP contribution >= 0.6 is 17.0 Å². The van der Waals surface area contributed by atoms with Crippen LogP contribution in [-0.2, 0) is 4.79 Å². The van der Waals surface area contributed by atoms with Crippen LogP contribution in [0.15, 0.2) is 24.3 Å². The summed E-state index contributed by atoms with van der Waals surface area (Å²) in [6, 6.07) is 5.08. The smallest absolute Gasteiger partial charge is 0.322 e. The first-order valence-corrected chi connectivity index (χ1v) is 4.96. The minimum absolute atomic E-state index is 0. The number of carboxylic acids is 1. The number of halogens is 1. The van der Waals surface area contributed by atoms with Crippen molar-refractivity contribution in [2.75, 3.05) is 6.54 Å². The van der Waals surface area contributed by atoms with Crippen molar-refractivity contribution in [3.05, 3.63) is 35.4 Å². The molecule has 0 aliphatic carbocycles. The summed E-state index contributed by atoms with van der Waals surface area (Å²) >= 11 is 0. The number of amides is 2. The minimum atomic E-state index is -1.27. The Morgan fingerprint density at radius 3 is 2.06 bits per heavy atom. The SMILES string of the molecule is Br.NC(CN1C(=O)c2ccccc2C1=O)C(=O)O. The van der Waals surface area contributed by atoms with Gasteiger partial charge in [-0.25, -0.2) is 0 Å². The fourth-order valence-corrected chi connectivity index (χ4v) is 1.68. The predicted molar refractivity (Wildman–Crippen MR) is 67.7 cm³/mol. The van der Waals surface area contributed by atoms with Gasteiger partial charge in [0, 0.05) is 0 Å². The van der Waals surface area contributed by atoms with Crippen molar-refractivity contribution in [2.45, 2.75) is 6.04 Å². The lowest BCUT2D eigenvalue weighted by Crippen LogP contribution is -2.45. The molecule has 1 aromatic carbocycles. The van der Waals surface area contributed by atoms with E-state index in [4.69, 9.17) is 10.8 Å². The largest absolute Gasteiger partial charge is 0.480 e. The average Bonchev–Trinajstić information content (AvgIpc) is 2.55. The van der Waals surface area contributed by atoms with Crippen LogP contribution in [0.4, 0.5) is 0 Å². The lowest BCUT2D eigenvalue weighted by atomic mass is 10.1. The van der Waals surface area contributed by atoms with E-state index >= 15 is 0 Å². The van der Waals surface area contributed by atoms with Gasteiger partial charge in [0.25, 0.3) is 11.8 Å². The molecule has 1 heterocycles. The van der Waals surface area contributed by atoms with E-state index in [0.717, 1.165) is 4.90 Å². The Balaban J connectivity index is 0.00000162. The van der Waals surface area contributed by atoms with Gasteiger partial charge < -0.3 is 10.8 Å². The Hall–Kier alpha value is -1.73. The first-order chi connectivity index (χ1) is 8.02. The molecule has 2 amide bonds. The third-order valence-corrected chi connectivity index (χ3v) is 2.57. The second-order valence-electron chi connectivity index (χ2n) is 3.71. The molecular weight excluding hydrogens is 304 g/mol. The monoisotopic (exact) mass is 314 g/mol. The molecular formula is C11H11BrN2O4. The van der Waals surface area contributed by atoms with Crippen LogP contribution in [0, 0.1) is 0 Å². The molecule has 18 heavy (non-hydrogen) atoms. The maximum Gasteiger partial charge on any atom is 0.322 e. The van der Waals surface area contributed by atoms with Gasteiger partial charge >= 0.3 is 5.97 Å². The second-order valence-corrected chi connectivity index (χ2v) is 3.71. The highest BCUT2D eigenvalue weighted by molar-refractivity contribution is 8.93. The number of benzene rings is 1. The zero-order valence-electron chi connectivity index (χ0n) is 9.20. The summed E-state index contributed by atoms with van der Waals surface area (Å²) < 4.78 is 0. The Bertz CT molecular complexity index is 483. The molecule has 1 aliphatic heterocycles.